The number of halogens is 3. The van der Waals surface area contributed by atoms with E-state index in [-0.39, 0.29) is 22.2 Å². The standard InChI is InChI=1S/C17H14BrF2N3O2/c1-10-6-15(25-9-11-2-3-12(19)7-14(11)20)16(18)17(24)23(10)8-13-4-5-21-22-13/h2-7H,8-9H2,1H3,(H,21,22). The van der Waals surface area contributed by atoms with Gasteiger partial charge in [0, 0.05) is 29.6 Å². The van der Waals surface area contributed by atoms with Gasteiger partial charge in [0.15, 0.2) is 0 Å². The van der Waals surface area contributed by atoms with Gasteiger partial charge in [-0.2, -0.15) is 5.10 Å². The Kier molecular flexibility index (Phi) is 4.98. The van der Waals surface area contributed by atoms with Crippen molar-refractivity contribution >= 4 is 15.9 Å². The van der Waals surface area contributed by atoms with Crippen molar-refractivity contribution in [3.8, 4) is 5.75 Å². The molecule has 0 aliphatic rings. The second kappa shape index (κ2) is 7.18. The van der Waals surface area contributed by atoms with Gasteiger partial charge < -0.3 is 9.30 Å². The fourth-order valence-electron chi connectivity index (χ4n) is 2.35. The molecule has 3 aromatic rings. The summed E-state index contributed by atoms with van der Waals surface area (Å²) in [5.74, 6) is -1.05. The molecule has 0 radical (unpaired) electrons. The van der Waals surface area contributed by atoms with E-state index in [1.165, 1.54) is 6.07 Å². The first-order valence-electron chi connectivity index (χ1n) is 7.40. The van der Waals surface area contributed by atoms with Gasteiger partial charge in [0.05, 0.1) is 12.2 Å². The van der Waals surface area contributed by atoms with Crippen molar-refractivity contribution in [3.63, 3.8) is 0 Å². The lowest BCUT2D eigenvalue weighted by Crippen LogP contribution is -2.24. The number of nitrogens with zero attached hydrogens (tertiary/aromatic N) is 2. The van der Waals surface area contributed by atoms with Crippen molar-refractivity contribution in [2.24, 2.45) is 0 Å². The molecule has 3 rings (SSSR count). The summed E-state index contributed by atoms with van der Waals surface area (Å²) in [4.78, 5) is 12.5. The van der Waals surface area contributed by atoms with Gasteiger partial charge in [-0.1, -0.05) is 0 Å². The Balaban J connectivity index is 1.84. The third kappa shape index (κ3) is 3.79. The zero-order chi connectivity index (χ0) is 18.0. The molecule has 0 spiro atoms. The number of hydrogen-bond acceptors (Lipinski definition) is 3. The van der Waals surface area contributed by atoms with E-state index in [1.807, 2.05) is 0 Å². The number of H-pyrrole nitrogens is 1. The molecule has 0 unspecified atom stereocenters. The van der Waals surface area contributed by atoms with Crippen LogP contribution in [0.25, 0.3) is 0 Å². The van der Waals surface area contributed by atoms with E-state index in [4.69, 9.17) is 4.74 Å². The van der Waals surface area contributed by atoms with Crippen LogP contribution in [0.2, 0.25) is 0 Å². The second-order valence-electron chi connectivity index (χ2n) is 5.46. The second-order valence-corrected chi connectivity index (χ2v) is 6.25. The molecule has 2 heterocycles. The molecule has 8 heteroatoms. The molecule has 0 aliphatic heterocycles. The molecule has 0 fully saturated rings. The Morgan fingerprint density at radius 1 is 1.28 bits per heavy atom. The highest BCUT2D eigenvalue weighted by molar-refractivity contribution is 9.10. The molecule has 2 aromatic heterocycles. The number of rotatable bonds is 5. The first-order valence-corrected chi connectivity index (χ1v) is 8.20. The van der Waals surface area contributed by atoms with Gasteiger partial charge in [-0.05, 0) is 41.1 Å². The van der Waals surface area contributed by atoms with Crippen LogP contribution in [-0.2, 0) is 13.2 Å². The molecule has 1 aromatic carbocycles. The normalized spacial score (nSPS) is 10.9. The van der Waals surface area contributed by atoms with E-state index >= 15 is 0 Å². The number of aromatic amines is 1. The van der Waals surface area contributed by atoms with Crippen LogP contribution in [0.4, 0.5) is 8.78 Å². The van der Waals surface area contributed by atoms with Crippen LogP contribution in [0.15, 0.2) is 45.8 Å². The molecule has 0 saturated heterocycles. The summed E-state index contributed by atoms with van der Waals surface area (Å²) in [5, 5.41) is 6.66. The average molecular weight is 410 g/mol. The average Bonchev–Trinajstić information content (AvgIpc) is 3.08. The highest BCUT2D eigenvalue weighted by Crippen LogP contribution is 2.24. The molecule has 130 valence electrons. The molecular weight excluding hydrogens is 396 g/mol. The van der Waals surface area contributed by atoms with Crippen molar-refractivity contribution in [2.75, 3.05) is 0 Å². The zero-order valence-electron chi connectivity index (χ0n) is 13.2. The lowest BCUT2D eigenvalue weighted by molar-refractivity contribution is 0.295. The third-order valence-corrected chi connectivity index (χ3v) is 4.43. The summed E-state index contributed by atoms with van der Waals surface area (Å²) in [6.45, 7) is 2.00. The van der Waals surface area contributed by atoms with Gasteiger partial charge in [0.2, 0.25) is 0 Å². The van der Waals surface area contributed by atoms with Gasteiger partial charge in [-0.25, -0.2) is 8.78 Å². The minimum atomic E-state index is -0.694. The predicted octanol–water partition coefficient (Wildman–Crippen LogP) is 3.55. The minimum Gasteiger partial charge on any atom is -0.487 e. The van der Waals surface area contributed by atoms with Crippen LogP contribution in [0.1, 0.15) is 17.0 Å². The molecule has 0 amide bonds. The molecule has 5 nitrogen and oxygen atoms in total. The maximum absolute atomic E-state index is 13.7. The highest BCUT2D eigenvalue weighted by Gasteiger charge is 2.14. The quantitative estimate of drug-likeness (QED) is 0.700. The van der Waals surface area contributed by atoms with Gasteiger partial charge in [0.1, 0.15) is 28.5 Å². The van der Waals surface area contributed by atoms with E-state index in [2.05, 4.69) is 26.1 Å². The number of ether oxygens (including phenoxy) is 1. The van der Waals surface area contributed by atoms with Crippen LogP contribution in [0.5, 0.6) is 5.75 Å². The Labute approximate surface area is 150 Å². The summed E-state index contributed by atoms with van der Waals surface area (Å²) < 4.78 is 34.0. The molecule has 0 aliphatic carbocycles. The van der Waals surface area contributed by atoms with Gasteiger partial charge in [0.25, 0.3) is 5.56 Å². The number of pyridine rings is 1. The molecule has 0 atom stereocenters. The topological polar surface area (TPSA) is 59.9 Å². The summed E-state index contributed by atoms with van der Waals surface area (Å²) >= 11 is 3.24. The van der Waals surface area contributed by atoms with Crippen molar-refractivity contribution in [1.82, 2.24) is 14.8 Å². The first kappa shape index (κ1) is 17.3. The van der Waals surface area contributed by atoms with E-state index in [9.17, 15) is 13.6 Å². The molecule has 0 saturated carbocycles. The third-order valence-electron chi connectivity index (χ3n) is 3.70. The Hall–Kier alpha value is -2.48. The molecule has 25 heavy (non-hydrogen) atoms. The van der Waals surface area contributed by atoms with Gasteiger partial charge in [-0.15, -0.1) is 0 Å². The number of hydrogen-bond donors (Lipinski definition) is 1. The molecular formula is C17H14BrF2N3O2. The van der Waals surface area contributed by atoms with E-state index in [0.717, 1.165) is 17.8 Å². The van der Waals surface area contributed by atoms with Crippen molar-refractivity contribution in [1.29, 1.82) is 0 Å². The summed E-state index contributed by atoms with van der Waals surface area (Å²) in [5.41, 5.74) is 1.40. The van der Waals surface area contributed by atoms with Crippen LogP contribution in [0, 0.1) is 18.6 Å². The smallest absolute Gasteiger partial charge is 0.269 e. The fraction of sp³-hybridized carbons (Fsp3) is 0.176. The van der Waals surface area contributed by atoms with E-state index in [0.29, 0.717) is 18.0 Å². The van der Waals surface area contributed by atoms with Crippen molar-refractivity contribution < 1.29 is 13.5 Å². The molecule has 1 N–H and O–H groups in total. The van der Waals surface area contributed by atoms with Crippen LogP contribution in [-0.4, -0.2) is 14.8 Å². The fourth-order valence-corrected chi connectivity index (χ4v) is 2.80. The lowest BCUT2D eigenvalue weighted by atomic mass is 10.2. The Morgan fingerprint density at radius 2 is 2.08 bits per heavy atom. The summed E-state index contributed by atoms with van der Waals surface area (Å²) in [6, 6.07) is 6.72. The maximum atomic E-state index is 13.7. The zero-order valence-corrected chi connectivity index (χ0v) is 14.8. The maximum Gasteiger partial charge on any atom is 0.269 e. The van der Waals surface area contributed by atoms with E-state index < -0.39 is 11.6 Å². The highest BCUT2D eigenvalue weighted by atomic mass is 79.9. The molecule has 0 bridgehead atoms. The Morgan fingerprint density at radius 3 is 2.76 bits per heavy atom. The first-order chi connectivity index (χ1) is 12.0. The van der Waals surface area contributed by atoms with Crippen molar-refractivity contribution in [3.05, 3.63) is 79.9 Å². The monoisotopic (exact) mass is 409 g/mol. The predicted molar refractivity (Wildman–Crippen MR) is 91.5 cm³/mol. The largest absolute Gasteiger partial charge is 0.487 e. The van der Waals surface area contributed by atoms with Crippen LogP contribution >= 0.6 is 15.9 Å². The Bertz CT molecular complexity index is 955. The number of aryl methyl sites for hydroxylation is 1. The summed E-state index contributed by atoms with van der Waals surface area (Å²) in [7, 11) is 0. The number of aromatic nitrogens is 3. The van der Waals surface area contributed by atoms with Crippen molar-refractivity contribution in [2.45, 2.75) is 20.1 Å². The summed E-state index contributed by atoms with van der Waals surface area (Å²) in [6.07, 6.45) is 1.61. The van der Waals surface area contributed by atoms with Crippen LogP contribution < -0.4 is 10.3 Å². The van der Waals surface area contributed by atoms with Gasteiger partial charge >= 0.3 is 0 Å². The SMILES string of the molecule is Cc1cc(OCc2ccc(F)cc2F)c(Br)c(=O)n1Cc1ccn[nH]1. The minimum absolute atomic E-state index is 0.117. The van der Waals surface area contributed by atoms with E-state index in [1.54, 1.807) is 29.8 Å². The van der Waals surface area contributed by atoms with Crippen LogP contribution in [0.3, 0.4) is 0 Å². The van der Waals surface area contributed by atoms with Gasteiger partial charge in [-0.3, -0.25) is 9.89 Å². The number of benzene rings is 1. The number of nitrogens with one attached hydrogen (secondary N) is 1. The lowest BCUT2D eigenvalue weighted by Gasteiger charge is -2.14.